The van der Waals surface area contributed by atoms with Gasteiger partial charge in [-0.15, -0.1) is 0 Å². The van der Waals surface area contributed by atoms with Crippen LogP contribution >= 0.6 is 0 Å². The van der Waals surface area contributed by atoms with Gasteiger partial charge < -0.3 is 19.5 Å². The molecule has 3 unspecified atom stereocenters. The highest BCUT2D eigenvalue weighted by atomic mass is 32.2. The Hall–Kier alpha value is -2.45. The van der Waals surface area contributed by atoms with E-state index in [4.69, 9.17) is 4.74 Å². The Morgan fingerprint density at radius 2 is 2.00 bits per heavy atom. The quantitative estimate of drug-likeness (QED) is 0.489. The smallest absolute Gasteiger partial charge is 0.341 e. The van der Waals surface area contributed by atoms with E-state index in [-0.39, 0.29) is 22.5 Å². The third-order valence-corrected chi connectivity index (χ3v) is 8.01. The number of carboxylic acids is 1. The first-order chi connectivity index (χ1) is 16.1. The molecular weight excluding hydrogens is 455 g/mol. The van der Waals surface area contributed by atoms with E-state index in [0.717, 1.165) is 31.6 Å². The fourth-order valence-electron chi connectivity index (χ4n) is 4.99. The SMILES string of the molecule is CCN(CC)CC(C)(C)Cc1cc(F)ccc1S(=O)Nc1ccc2c(c1C(=O)O)OCC1CC21. The van der Waals surface area contributed by atoms with Gasteiger partial charge in [-0.05, 0) is 72.7 Å². The van der Waals surface area contributed by atoms with E-state index < -0.39 is 17.0 Å². The van der Waals surface area contributed by atoms with Crippen molar-refractivity contribution in [3.8, 4) is 5.75 Å². The summed E-state index contributed by atoms with van der Waals surface area (Å²) in [6.45, 7) is 11.6. The Bertz CT molecular complexity index is 1120. The molecule has 184 valence electrons. The van der Waals surface area contributed by atoms with Crippen molar-refractivity contribution in [2.24, 2.45) is 11.3 Å². The second kappa shape index (κ2) is 9.66. The van der Waals surface area contributed by atoms with E-state index >= 15 is 0 Å². The van der Waals surface area contributed by atoms with Gasteiger partial charge in [0.15, 0.2) is 11.0 Å². The van der Waals surface area contributed by atoms with E-state index in [1.165, 1.54) is 18.2 Å². The van der Waals surface area contributed by atoms with Crippen LogP contribution in [0.4, 0.5) is 10.1 Å². The lowest BCUT2D eigenvalue weighted by molar-refractivity contribution is 0.0692. The van der Waals surface area contributed by atoms with Crippen LogP contribution in [0.5, 0.6) is 5.75 Å². The fraction of sp³-hybridized carbons (Fsp3) is 0.500. The molecule has 1 aliphatic carbocycles. The predicted molar refractivity (Wildman–Crippen MR) is 131 cm³/mol. The molecule has 0 aromatic heterocycles. The number of fused-ring (bicyclic) bond motifs is 3. The first-order valence-corrected chi connectivity index (χ1v) is 13.0. The number of aromatic carboxylic acids is 1. The number of rotatable bonds is 10. The van der Waals surface area contributed by atoms with E-state index in [9.17, 15) is 18.5 Å². The molecule has 0 radical (unpaired) electrons. The Balaban J connectivity index is 1.62. The lowest BCUT2D eigenvalue weighted by Crippen LogP contribution is -2.35. The summed E-state index contributed by atoms with van der Waals surface area (Å²) in [6.07, 6.45) is 1.54. The number of carboxylic acid groups (broad SMARTS) is 1. The largest absolute Gasteiger partial charge is 0.492 e. The maximum Gasteiger partial charge on any atom is 0.341 e. The van der Waals surface area contributed by atoms with E-state index in [1.54, 1.807) is 6.07 Å². The summed E-state index contributed by atoms with van der Waals surface area (Å²) in [6, 6.07) is 7.77. The van der Waals surface area contributed by atoms with Gasteiger partial charge in [0, 0.05) is 12.5 Å². The van der Waals surface area contributed by atoms with Crippen molar-refractivity contribution in [2.75, 3.05) is 31.0 Å². The summed E-state index contributed by atoms with van der Waals surface area (Å²) < 4.78 is 36.3. The van der Waals surface area contributed by atoms with Gasteiger partial charge in [0.2, 0.25) is 0 Å². The average molecular weight is 489 g/mol. The molecule has 2 N–H and O–H groups in total. The Kier molecular flexibility index (Phi) is 7.01. The van der Waals surface area contributed by atoms with Gasteiger partial charge >= 0.3 is 5.97 Å². The molecule has 8 heteroatoms. The van der Waals surface area contributed by atoms with Crippen LogP contribution in [0.15, 0.2) is 35.2 Å². The molecule has 4 rings (SSSR count). The molecule has 0 amide bonds. The molecule has 0 spiro atoms. The minimum Gasteiger partial charge on any atom is -0.492 e. The highest BCUT2D eigenvalue weighted by Crippen LogP contribution is 2.55. The first-order valence-electron chi connectivity index (χ1n) is 11.9. The summed E-state index contributed by atoms with van der Waals surface area (Å²) in [5.74, 6) is -0.341. The zero-order valence-corrected chi connectivity index (χ0v) is 21.0. The normalized spacial score (nSPS) is 19.7. The van der Waals surface area contributed by atoms with Crippen LogP contribution in [0, 0.1) is 17.2 Å². The maximum absolute atomic E-state index is 14.2. The van der Waals surface area contributed by atoms with Crippen molar-refractivity contribution in [1.29, 1.82) is 0 Å². The highest BCUT2D eigenvalue weighted by Gasteiger charge is 2.45. The van der Waals surface area contributed by atoms with Crippen LogP contribution in [-0.4, -0.2) is 46.4 Å². The summed E-state index contributed by atoms with van der Waals surface area (Å²) in [7, 11) is -1.78. The number of ether oxygens (including phenoxy) is 1. The number of nitrogens with one attached hydrogen (secondary N) is 1. The van der Waals surface area contributed by atoms with Gasteiger partial charge in [0.25, 0.3) is 0 Å². The number of halogens is 1. The van der Waals surface area contributed by atoms with Gasteiger partial charge in [-0.2, -0.15) is 0 Å². The number of carbonyl (C=O) groups is 1. The van der Waals surface area contributed by atoms with Crippen LogP contribution in [0.1, 0.15) is 61.5 Å². The van der Waals surface area contributed by atoms with Crippen molar-refractivity contribution in [2.45, 2.75) is 51.3 Å². The first kappa shape index (κ1) is 24.7. The number of hydrogen-bond donors (Lipinski definition) is 2. The van der Waals surface area contributed by atoms with Gasteiger partial charge in [0.05, 0.1) is 17.2 Å². The fourth-order valence-corrected chi connectivity index (χ4v) is 6.03. The molecule has 2 aliphatic rings. The standard InChI is InChI=1S/C26H33FN2O4S/c1-5-29(6-2)15-26(3,4)13-16-11-18(27)7-10-22(16)34(32)28-21-9-8-19-20-12-17(20)14-33-24(19)23(21)25(30)31/h7-11,17,20,28H,5-6,12-15H2,1-4H3,(H,30,31). The molecule has 3 atom stereocenters. The summed E-state index contributed by atoms with van der Waals surface area (Å²) in [4.78, 5) is 14.9. The van der Waals surface area contributed by atoms with Crippen LogP contribution in [-0.2, 0) is 17.4 Å². The average Bonchev–Trinajstić information content (AvgIpc) is 3.57. The number of benzene rings is 2. The molecule has 0 saturated heterocycles. The number of hydrogen-bond acceptors (Lipinski definition) is 4. The third kappa shape index (κ3) is 5.13. The van der Waals surface area contributed by atoms with Gasteiger partial charge in [-0.1, -0.05) is 33.8 Å². The van der Waals surface area contributed by atoms with Crippen molar-refractivity contribution in [3.63, 3.8) is 0 Å². The Morgan fingerprint density at radius 1 is 1.26 bits per heavy atom. The molecule has 1 heterocycles. The van der Waals surface area contributed by atoms with Crippen LogP contribution in [0.2, 0.25) is 0 Å². The monoisotopic (exact) mass is 488 g/mol. The maximum atomic E-state index is 14.2. The van der Waals surface area contributed by atoms with E-state index in [1.807, 2.05) is 6.07 Å². The molecule has 1 fully saturated rings. The van der Waals surface area contributed by atoms with E-state index in [0.29, 0.717) is 41.1 Å². The molecule has 6 nitrogen and oxygen atoms in total. The van der Waals surface area contributed by atoms with Crippen molar-refractivity contribution < 1.29 is 23.2 Å². The van der Waals surface area contributed by atoms with Gasteiger partial charge in [-0.3, -0.25) is 0 Å². The minimum absolute atomic E-state index is 0.00160. The Labute approximate surface area is 203 Å². The van der Waals surface area contributed by atoms with E-state index in [2.05, 4.69) is 37.3 Å². The van der Waals surface area contributed by atoms with Crippen molar-refractivity contribution in [3.05, 3.63) is 52.8 Å². The topological polar surface area (TPSA) is 78.9 Å². The molecular formula is C26H33FN2O4S. The Morgan fingerprint density at radius 3 is 2.68 bits per heavy atom. The predicted octanol–water partition coefficient (Wildman–Crippen LogP) is 5.07. The lowest BCUT2D eigenvalue weighted by Gasteiger charge is -2.32. The van der Waals surface area contributed by atoms with Gasteiger partial charge in [0.1, 0.15) is 17.1 Å². The molecule has 0 bridgehead atoms. The second-order valence-electron chi connectivity index (χ2n) is 10.1. The third-order valence-electron chi connectivity index (χ3n) is 6.81. The number of anilines is 1. The zero-order valence-electron chi connectivity index (χ0n) is 20.2. The number of nitrogens with zero attached hydrogens (tertiary/aromatic N) is 1. The molecule has 34 heavy (non-hydrogen) atoms. The van der Waals surface area contributed by atoms with Crippen molar-refractivity contribution >= 4 is 22.6 Å². The summed E-state index contributed by atoms with van der Waals surface area (Å²) in [5, 5.41) is 9.91. The zero-order chi connectivity index (χ0) is 24.6. The van der Waals surface area contributed by atoms with Crippen LogP contribution < -0.4 is 9.46 Å². The minimum atomic E-state index is -1.78. The molecule has 1 aliphatic heterocycles. The second-order valence-corrected chi connectivity index (χ2v) is 11.2. The summed E-state index contributed by atoms with van der Waals surface area (Å²) in [5.41, 5.74) is 1.62. The molecule has 2 aromatic rings. The van der Waals surface area contributed by atoms with Crippen LogP contribution in [0.3, 0.4) is 0 Å². The highest BCUT2D eigenvalue weighted by molar-refractivity contribution is 7.86. The molecule has 2 aromatic carbocycles. The lowest BCUT2D eigenvalue weighted by atomic mass is 9.85. The summed E-state index contributed by atoms with van der Waals surface area (Å²) >= 11 is 0. The van der Waals surface area contributed by atoms with Crippen LogP contribution in [0.25, 0.3) is 0 Å². The van der Waals surface area contributed by atoms with Crippen molar-refractivity contribution in [1.82, 2.24) is 4.90 Å². The van der Waals surface area contributed by atoms with Gasteiger partial charge in [-0.25, -0.2) is 13.4 Å². The molecule has 1 saturated carbocycles.